The Balaban J connectivity index is 1.93. The van der Waals surface area contributed by atoms with Crippen LogP contribution in [0.25, 0.3) is 0 Å². The van der Waals surface area contributed by atoms with Gasteiger partial charge in [0.25, 0.3) is 15.9 Å². The number of carbonyl (C=O) groups is 2. The van der Waals surface area contributed by atoms with Gasteiger partial charge in [0.1, 0.15) is 17.5 Å². The van der Waals surface area contributed by atoms with Crippen molar-refractivity contribution in [3.63, 3.8) is 0 Å². The number of nitrogens with one attached hydrogen (secondary N) is 1. The van der Waals surface area contributed by atoms with Gasteiger partial charge in [0.05, 0.1) is 10.6 Å². The standard InChI is InChI=1S/C18H19N3O6S2/c1-18(2)16(17(23)20-24)21(15(22)11-28-18)29(25,26)14-5-3-12(4-6-14)27-13-7-9-19-10-8-13/h3-10,16,24H,11H2,1-2H3,(H,20,23). The third-order valence-electron chi connectivity index (χ3n) is 4.33. The number of nitrogens with zero attached hydrogens (tertiary/aromatic N) is 2. The molecule has 1 atom stereocenters. The first-order valence-corrected chi connectivity index (χ1v) is 10.9. The molecule has 11 heteroatoms. The Morgan fingerprint density at radius 3 is 2.38 bits per heavy atom. The van der Waals surface area contributed by atoms with Crippen molar-refractivity contribution in [3.8, 4) is 11.5 Å². The predicted molar refractivity (Wildman–Crippen MR) is 105 cm³/mol. The number of sulfonamides is 1. The lowest BCUT2D eigenvalue weighted by atomic mass is 10.0. The highest BCUT2D eigenvalue weighted by atomic mass is 32.2. The van der Waals surface area contributed by atoms with Gasteiger partial charge in [-0.15, -0.1) is 11.8 Å². The van der Waals surface area contributed by atoms with E-state index in [2.05, 4.69) is 4.98 Å². The number of benzene rings is 1. The second-order valence-corrected chi connectivity index (χ2v) is 10.2. The van der Waals surface area contributed by atoms with Crippen molar-refractivity contribution in [2.45, 2.75) is 29.5 Å². The highest BCUT2D eigenvalue weighted by molar-refractivity contribution is 8.01. The highest BCUT2D eigenvalue weighted by Gasteiger charge is 2.51. The topological polar surface area (TPSA) is 126 Å². The average Bonchev–Trinajstić information content (AvgIpc) is 2.70. The van der Waals surface area contributed by atoms with Gasteiger partial charge >= 0.3 is 0 Å². The van der Waals surface area contributed by atoms with Crippen LogP contribution in [0.1, 0.15) is 13.8 Å². The summed E-state index contributed by atoms with van der Waals surface area (Å²) in [7, 11) is -4.34. The van der Waals surface area contributed by atoms with Crippen LogP contribution in [0.4, 0.5) is 0 Å². The van der Waals surface area contributed by atoms with E-state index in [1.165, 1.54) is 29.7 Å². The van der Waals surface area contributed by atoms with Crippen molar-refractivity contribution >= 4 is 33.6 Å². The van der Waals surface area contributed by atoms with Gasteiger partial charge in [-0.3, -0.25) is 19.8 Å². The summed E-state index contributed by atoms with van der Waals surface area (Å²) in [5.41, 5.74) is 1.47. The van der Waals surface area contributed by atoms with Crippen molar-refractivity contribution in [1.82, 2.24) is 14.8 Å². The molecule has 1 saturated heterocycles. The summed E-state index contributed by atoms with van der Waals surface area (Å²) in [6, 6.07) is 7.37. The van der Waals surface area contributed by atoms with Gasteiger partial charge in [-0.2, -0.15) is 0 Å². The zero-order valence-electron chi connectivity index (χ0n) is 15.6. The number of amides is 2. The maximum atomic E-state index is 13.2. The van der Waals surface area contributed by atoms with E-state index in [1.54, 1.807) is 38.4 Å². The van der Waals surface area contributed by atoms with Crippen molar-refractivity contribution in [2.75, 3.05) is 5.75 Å². The van der Waals surface area contributed by atoms with E-state index in [0.717, 1.165) is 11.8 Å². The van der Waals surface area contributed by atoms with Crippen molar-refractivity contribution in [2.24, 2.45) is 0 Å². The van der Waals surface area contributed by atoms with Gasteiger partial charge in [-0.25, -0.2) is 18.2 Å². The van der Waals surface area contributed by atoms with E-state index in [9.17, 15) is 18.0 Å². The summed E-state index contributed by atoms with van der Waals surface area (Å²) in [4.78, 5) is 28.4. The van der Waals surface area contributed by atoms with Crippen LogP contribution >= 0.6 is 11.8 Å². The minimum absolute atomic E-state index is 0.106. The van der Waals surface area contributed by atoms with E-state index >= 15 is 0 Å². The van der Waals surface area contributed by atoms with Crippen molar-refractivity contribution in [3.05, 3.63) is 48.8 Å². The molecule has 1 fully saturated rings. The molecule has 0 radical (unpaired) electrons. The number of carbonyl (C=O) groups excluding carboxylic acids is 2. The molecule has 2 N–H and O–H groups in total. The van der Waals surface area contributed by atoms with Gasteiger partial charge in [-0.1, -0.05) is 0 Å². The van der Waals surface area contributed by atoms with Crippen LogP contribution in [0.3, 0.4) is 0 Å². The molecule has 29 heavy (non-hydrogen) atoms. The van der Waals surface area contributed by atoms with Crippen molar-refractivity contribution < 1.29 is 28.0 Å². The fraction of sp³-hybridized carbons (Fsp3) is 0.278. The predicted octanol–water partition coefficient (Wildman–Crippen LogP) is 1.79. The Labute approximate surface area is 172 Å². The van der Waals surface area contributed by atoms with E-state index in [1.807, 2.05) is 0 Å². The molecular formula is C18H19N3O6S2. The molecule has 2 heterocycles. The van der Waals surface area contributed by atoms with Crippen molar-refractivity contribution in [1.29, 1.82) is 0 Å². The second-order valence-electron chi connectivity index (χ2n) is 6.72. The first-order valence-electron chi connectivity index (χ1n) is 8.50. The Morgan fingerprint density at radius 2 is 1.79 bits per heavy atom. The van der Waals surface area contributed by atoms with Gasteiger partial charge in [0.15, 0.2) is 0 Å². The monoisotopic (exact) mass is 437 g/mol. The summed E-state index contributed by atoms with van der Waals surface area (Å²) >= 11 is 1.15. The lowest BCUT2D eigenvalue weighted by molar-refractivity contribution is -0.140. The molecule has 1 aromatic heterocycles. The molecule has 2 amide bonds. The molecule has 0 aliphatic carbocycles. The largest absolute Gasteiger partial charge is 0.457 e. The number of thioether (sulfide) groups is 1. The highest BCUT2D eigenvalue weighted by Crippen LogP contribution is 2.39. The van der Waals surface area contributed by atoms with Crippen LogP contribution in [-0.2, 0) is 19.6 Å². The molecule has 154 valence electrons. The molecule has 0 bridgehead atoms. The molecule has 3 rings (SSSR count). The Kier molecular flexibility index (Phi) is 5.82. The summed E-state index contributed by atoms with van der Waals surface area (Å²) in [6.45, 7) is 3.27. The maximum Gasteiger partial charge on any atom is 0.268 e. The number of hydrogen-bond donors (Lipinski definition) is 2. The fourth-order valence-corrected chi connectivity index (χ4v) is 5.74. The Morgan fingerprint density at radius 1 is 1.21 bits per heavy atom. The zero-order valence-corrected chi connectivity index (χ0v) is 17.2. The van der Waals surface area contributed by atoms with Crippen LogP contribution in [0, 0.1) is 0 Å². The fourth-order valence-electron chi connectivity index (χ4n) is 2.91. The normalized spacial score (nSPS) is 18.9. The molecule has 9 nitrogen and oxygen atoms in total. The molecule has 1 aliphatic rings. The number of ether oxygens (including phenoxy) is 1. The Bertz CT molecular complexity index is 1010. The SMILES string of the molecule is CC1(C)SCC(=O)N(S(=O)(=O)c2ccc(Oc3ccncc3)cc2)C1C(=O)NO. The number of hydroxylamine groups is 1. The van der Waals surface area contributed by atoms with Gasteiger partial charge < -0.3 is 4.74 Å². The molecule has 1 unspecified atom stereocenters. The minimum Gasteiger partial charge on any atom is -0.457 e. The summed E-state index contributed by atoms with van der Waals surface area (Å²) < 4.78 is 31.6. The second kappa shape index (κ2) is 8.01. The van der Waals surface area contributed by atoms with Crippen LogP contribution in [-0.4, -0.2) is 51.3 Å². The molecule has 1 aromatic carbocycles. The van der Waals surface area contributed by atoms with E-state index in [-0.39, 0.29) is 10.6 Å². The lowest BCUT2D eigenvalue weighted by Crippen LogP contribution is -2.63. The smallest absolute Gasteiger partial charge is 0.268 e. The van der Waals surface area contributed by atoms with Gasteiger partial charge in [-0.05, 0) is 50.2 Å². The van der Waals surface area contributed by atoms with E-state index in [0.29, 0.717) is 15.8 Å². The minimum atomic E-state index is -4.34. The number of rotatable bonds is 5. The average molecular weight is 437 g/mol. The van der Waals surface area contributed by atoms with Crippen LogP contribution < -0.4 is 10.2 Å². The molecule has 0 spiro atoms. The summed E-state index contributed by atoms with van der Waals surface area (Å²) in [5, 5.41) is 9.07. The number of pyridine rings is 1. The molecular weight excluding hydrogens is 418 g/mol. The van der Waals surface area contributed by atoms with Gasteiger partial charge in [0.2, 0.25) is 5.91 Å². The quantitative estimate of drug-likeness (QED) is 0.536. The third kappa shape index (κ3) is 4.21. The maximum absolute atomic E-state index is 13.2. The van der Waals surface area contributed by atoms with Crippen LogP contribution in [0.2, 0.25) is 0 Å². The molecule has 0 saturated carbocycles. The Hall–Kier alpha value is -2.63. The molecule has 2 aromatic rings. The summed E-state index contributed by atoms with van der Waals surface area (Å²) in [6.07, 6.45) is 3.12. The number of aromatic nitrogens is 1. The van der Waals surface area contributed by atoms with Crippen LogP contribution in [0.15, 0.2) is 53.7 Å². The lowest BCUT2D eigenvalue weighted by Gasteiger charge is -2.42. The molecule has 1 aliphatic heterocycles. The zero-order chi connectivity index (χ0) is 21.2. The first-order chi connectivity index (χ1) is 13.7. The third-order valence-corrected chi connectivity index (χ3v) is 7.49. The van der Waals surface area contributed by atoms with E-state index in [4.69, 9.17) is 9.94 Å². The van der Waals surface area contributed by atoms with Gasteiger partial charge in [0, 0.05) is 17.1 Å². The summed E-state index contributed by atoms with van der Waals surface area (Å²) in [5.74, 6) is -0.900. The number of hydrogen-bond acceptors (Lipinski definition) is 8. The van der Waals surface area contributed by atoms with Crippen LogP contribution in [0.5, 0.6) is 11.5 Å². The first kappa shape index (κ1) is 21.1. The van der Waals surface area contributed by atoms with E-state index < -0.39 is 32.6 Å².